The minimum absolute atomic E-state index is 0.152. The van der Waals surface area contributed by atoms with Crippen molar-refractivity contribution >= 4 is 42.4 Å². The Morgan fingerprint density at radius 3 is 2.52 bits per heavy atom. The number of thiazole rings is 1. The minimum Gasteiger partial charge on any atom is -0.260 e. The number of sulfonamides is 1. The average molecular weight is 439 g/mol. The summed E-state index contributed by atoms with van der Waals surface area (Å²) in [5.41, 5.74) is 2.55. The molecule has 0 aliphatic rings. The van der Waals surface area contributed by atoms with E-state index in [2.05, 4.69) is 20.9 Å². The molecule has 0 aliphatic heterocycles. The number of anilines is 1. The van der Waals surface area contributed by atoms with Crippen LogP contribution in [0.4, 0.5) is 5.13 Å². The summed E-state index contributed by atoms with van der Waals surface area (Å²) in [5.74, 6) is 0. The molecule has 0 N–H and O–H groups in total. The van der Waals surface area contributed by atoms with Crippen LogP contribution in [0.3, 0.4) is 0 Å². The summed E-state index contributed by atoms with van der Waals surface area (Å²) in [4.78, 5) is 9.72. The zero-order valence-electron chi connectivity index (χ0n) is 13.5. The standard InChI is InChI=1S/C17H15BrN2O3S2/c1-12-6-8-15(9-7-12)25(21,22)20(23-2)17-19-16(11-24-17)13-4-3-5-14(18)10-13/h3-11H,1-2H3. The zero-order valence-corrected chi connectivity index (χ0v) is 16.7. The van der Waals surface area contributed by atoms with Crippen LogP contribution >= 0.6 is 27.3 Å². The van der Waals surface area contributed by atoms with Crippen molar-refractivity contribution in [2.45, 2.75) is 11.8 Å². The van der Waals surface area contributed by atoms with Gasteiger partial charge in [-0.25, -0.2) is 4.98 Å². The molecule has 8 heteroatoms. The molecule has 1 aromatic heterocycles. The number of hydrogen-bond donors (Lipinski definition) is 0. The highest BCUT2D eigenvalue weighted by Gasteiger charge is 2.28. The second kappa shape index (κ2) is 7.25. The van der Waals surface area contributed by atoms with Gasteiger partial charge in [0.1, 0.15) is 0 Å². The quantitative estimate of drug-likeness (QED) is 0.544. The second-order valence-corrected chi connectivity index (χ2v) is 8.76. The van der Waals surface area contributed by atoms with Gasteiger partial charge in [-0.15, -0.1) is 15.8 Å². The molecule has 3 aromatic rings. The third-order valence-electron chi connectivity index (χ3n) is 3.47. The van der Waals surface area contributed by atoms with Crippen molar-refractivity contribution in [3.05, 3.63) is 63.9 Å². The molecule has 1 heterocycles. The number of benzene rings is 2. The Morgan fingerprint density at radius 2 is 1.88 bits per heavy atom. The molecule has 0 amide bonds. The lowest BCUT2D eigenvalue weighted by Gasteiger charge is -2.18. The van der Waals surface area contributed by atoms with Crippen molar-refractivity contribution in [3.63, 3.8) is 0 Å². The third kappa shape index (κ3) is 3.77. The van der Waals surface area contributed by atoms with Crippen molar-refractivity contribution in [1.82, 2.24) is 4.98 Å². The summed E-state index contributed by atoms with van der Waals surface area (Å²) in [7, 11) is -2.54. The first-order chi connectivity index (χ1) is 11.9. The normalized spacial score (nSPS) is 11.5. The van der Waals surface area contributed by atoms with Gasteiger partial charge >= 0.3 is 0 Å². The molecule has 25 heavy (non-hydrogen) atoms. The summed E-state index contributed by atoms with van der Waals surface area (Å²) in [6.07, 6.45) is 0. The van der Waals surface area contributed by atoms with E-state index in [-0.39, 0.29) is 10.0 Å². The van der Waals surface area contributed by atoms with Gasteiger partial charge in [-0.2, -0.15) is 8.42 Å². The van der Waals surface area contributed by atoms with Crippen molar-refractivity contribution in [2.24, 2.45) is 0 Å². The van der Waals surface area contributed by atoms with Crippen LogP contribution in [0.5, 0.6) is 0 Å². The molecule has 2 aromatic carbocycles. The van der Waals surface area contributed by atoms with Gasteiger partial charge in [0.2, 0.25) is 5.13 Å². The summed E-state index contributed by atoms with van der Waals surface area (Å²) >= 11 is 4.62. The molecular weight excluding hydrogens is 424 g/mol. The number of hydrogen-bond acceptors (Lipinski definition) is 5. The Hall–Kier alpha value is -1.74. The fourth-order valence-corrected chi connectivity index (χ4v) is 4.87. The maximum atomic E-state index is 12.8. The lowest BCUT2D eigenvalue weighted by molar-refractivity contribution is 0.216. The van der Waals surface area contributed by atoms with Crippen LogP contribution in [0.25, 0.3) is 11.3 Å². The zero-order chi connectivity index (χ0) is 18.0. The number of aryl methyl sites for hydroxylation is 1. The fraction of sp³-hybridized carbons (Fsp3) is 0.118. The number of rotatable bonds is 5. The molecule has 0 atom stereocenters. The second-order valence-electron chi connectivity index (χ2n) is 5.25. The molecule has 0 spiro atoms. The van der Waals surface area contributed by atoms with Crippen LogP contribution in [0.1, 0.15) is 5.56 Å². The number of halogens is 1. The Balaban J connectivity index is 1.98. The Morgan fingerprint density at radius 1 is 1.16 bits per heavy atom. The van der Waals surface area contributed by atoms with Gasteiger partial charge in [0.05, 0.1) is 17.7 Å². The molecule has 0 saturated carbocycles. The van der Waals surface area contributed by atoms with E-state index in [1.54, 1.807) is 29.6 Å². The van der Waals surface area contributed by atoms with E-state index in [0.29, 0.717) is 5.69 Å². The number of nitrogens with zero attached hydrogens (tertiary/aromatic N) is 2. The summed E-state index contributed by atoms with van der Waals surface area (Å²) in [6, 6.07) is 14.2. The molecule has 0 aliphatic carbocycles. The molecule has 0 radical (unpaired) electrons. The Bertz CT molecular complexity index is 985. The average Bonchev–Trinajstić information content (AvgIpc) is 3.05. The molecule has 0 fully saturated rings. The molecule has 0 unspecified atom stereocenters. The summed E-state index contributed by atoms with van der Waals surface area (Å²) < 4.78 is 27.4. The molecule has 5 nitrogen and oxygen atoms in total. The van der Waals surface area contributed by atoms with Gasteiger partial charge in [-0.05, 0) is 31.2 Å². The van der Waals surface area contributed by atoms with Gasteiger partial charge in [-0.3, -0.25) is 4.84 Å². The molecule has 3 rings (SSSR count). The van der Waals surface area contributed by atoms with Crippen LogP contribution in [0, 0.1) is 6.92 Å². The molecular formula is C17H15BrN2O3S2. The summed E-state index contributed by atoms with van der Waals surface area (Å²) in [5, 5.41) is 2.05. The maximum absolute atomic E-state index is 12.8. The van der Waals surface area contributed by atoms with Gasteiger partial charge in [0, 0.05) is 15.4 Å². The van der Waals surface area contributed by atoms with Crippen LogP contribution in [0.15, 0.2) is 63.3 Å². The van der Waals surface area contributed by atoms with Crippen LogP contribution in [-0.2, 0) is 14.9 Å². The van der Waals surface area contributed by atoms with E-state index < -0.39 is 10.0 Å². The topological polar surface area (TPSA) is 59.5 Å². The predicted molar refractivity (Wildman–Crippen MR) is 103 cm³/mol. The number of aromatic nitrogens is 1. The molecule has 0 bridgehead atoms. The van der Waals surface area contributed by atoms with Crippen molar-refractivity contribution in [3.8, 4) is 11.3 Å². The predicted octanol–water partition coefficient (Wildman–Crippen LogP) is 4.64. The van der Waals surface area contributed by atoms with E-state index in [1.807, 2.05) is 31.2 Å². The highest BCUT2D eigenvalue weighted by Crippen LogP contribution is 2.32. The van der Waals surface area contributed by atoms with E-state index in [4.69, 9.17) is 4.84 Å². The Labute approximate surface area is 159 Å². The summed E-state index contributed by atoms with van der Waals surface area (Å²) in [6.45, 7) is 1.90. The van der Waals surface area contributed by atoms with Crippen molar-refractivity contribution < 1.29 is 13.3 Å². The first-order valence-electron chi connectivity index (χ1n) is 7.29. The fourth-order valence-electron chi connectivity index (χ4n) is 2.21. The Kier molecular flexibility index (Phi) is 5.24. The van der Waals surface area contributed by atoms with E-state index >= 15 is 0 Å². The SMILES string of the molecule is CON(c1nc(-c2cccc(Br)c2)cs1)S(=O)(=O)c1ccc(C)cc1. The minimum atomic E-state index is -3.85. The van der Waals surface area contributed by atoms with E-state index in [0.717, 1.165) is 20.1 Å². The van der Waals surface area contributed by atoms with E-state index in [9.17, 15) is 8.42 Å². The van der Waals surface area contributed by atoms with E-state index in [1.165, 1.54) is 18.4 Å². The van der Waals surface area contributed by atoms with Crippen LogP contribution in [-0.4, -0.2) is 20.5 Å². The van der Waals surface area contributed by atoms with Crippen LogP contribution in [0.2, 0.25) is 0 Å². The van der Waals surface area contributed by atoms with Gasteiger partial charge in [0.25, 0.3) is 10.0 Å². The first-order valence-corrected chi connectivity index (χ1v) is 10.4. The van der Waals surface area contributed by atoms with Crippen molar-refractivity contribution in [1.29, 1.82) is 0 Å². The largest absolute Gasteiger partial charge is 0.288 e. The monoisotopic (exact) mass is 438 g/mol. The lowest BCUT2D eigenvalue weighted by Crippen LogP contribution is -2.29. The van der Waals surface area contributed by atoms with Gasteiger partial charge in [-0.1, -0.05) is 45.8 Å². The smallest absolute Gasteiger partial charge is 0.260 e. The lowest BCUT2D eigenvalue weighted by atomic mass is 10.2. The van der Waals surface area contributed by atoms with Gasteiger partial charge in [0.15, 0.2) is 0 Å². The van der Waals surface area contributed by atoms with Crippen molar-refractivity contribution in [2.75, 3.05) is 11.6 Å². The highest BCUT2D eigenvalue weighted by atomic mass is 79.9. The highest BCUT2D eigenvalue weighted by molar-refractivity contribution is 9.10. The molecule has 130 valence electrons. The first kappa shape index (κ1) is 18.1. The molecule has 0 saturated heterocycles. The van der Waals surface area contributed by atoms with Gasteiger partial charge < -0.3 is 0 Å². The third-order valence-corrected chi connectivity index (χ3v) is 6.52. The van der Waals surface area contributed by atoms with Crippen LogP contribution < -0.4 is 4.47 Å². The maximum Gasteiger partial charge on any atom is 0.288 e.